The second kappa shape index (κ2) is 7.75. The van der Waals surface area contributed by atoms with Crippen LogP contribution in [0.15, 0.2) is 24.3 Å². The van der Waals surface area contributed by atoms with Crippen LogP contribution in [0.25, 0.3) is 0 Å². The van der Waals surface area contributed by atoms with E-state index in [1.807, 2.05) is 24.3 Å². The molecule has 0 atom stereocenters. The van der Waals surface area contributed by atoms with E-state index in [-0.39, 0.29) is 12.5 Å². The lowest BCUT2D eigenvalue weighted by Crippen LogP contribution is -2.42. The second-order valence-electron chi connectivity index (χ2n) is 4.60. The molecule has 20 heavy (non-hydrogen) atoms. The van der Waals surface area contributed by atoms with Crippen molar-refractivity contribution in [3.8, 4) is 11.5 Å². The summed E-state index contributed by atoms with van der Waals surface area (Å²) in [4.78, 5) is 13.7. The van der Waals surface area contributed by atoms with Gasteiger partial charge in [-0.15, -0.1) is 0 Å². The number of rotatable bonds is 6. The van der Waals surface area contributed by atoms with Crippen LogP contribution in [0.2, 0.25) is 0 Å². The molecule has 1 fully saturated rings. The predicted octanol–water partition coefficient (Wildman–Crippen LogP) is 1.71. The van der Waals surface area contributed by atoms with Gasteiger partial charge in [0.2, 0.25) is 0 Å². The molecule has 1 aliphatic heterocycles. The average molecular weight is 279 g/mol. The van der Waals surface area contributed by atoms with Gasteiger partial charge in [-0.25, -0.2) is 0 Å². The van der Waals surface area contributed by atoms with Crippen LogP contribution < -0.4 is 9.47 Å². The van der Waals surface area contributed by atoms with Gasteiger partial charge in [-0.1, -0.05) is 6.92 Å². The average Bonchev–Trinajstić information content (AvgIpc) is 2.52. The van der Waals surface area contributed by atoms with E-state index in [2.05, 4.69) is 6.92 Å². The van der Waals surface area contributed by atoms with E-state index in [4.69, 9.17) is 14.2 Å². The topological polar surface area (TPSA) is 48.0 Å². The van der Waals surface area contributed by atoms with Crippen LogP contribution in [0.1, 0.15) is 13.3 Å². The van der Waals surface area contributed by atoms with E-state index in [0.29, 0.717) is 38.7 Å². The third kappa shape index (κ3) is 4.42. The third-order valence-corrected chi connectivity index (χ3v) is 3.02. The maximum absolute atomic E-state index is 11.9. The lowest BCUT2D eigenvalue weighted by atomic mass is 10.3. The number of ether oxygens (including phenoxy) is 3. The summed E-state index contributed by atoms with van der Waals surface area (Å²) >= 11 is 0. The highest BCUT2D eigenvalue weighted by Gasteiger charge is 2.16. The van der Waals surface area contributed by atoms with Gasteiger partial charge < -0.3 is 19.1 Å². The molecule has 1 aromatic rings. The molecule has 1 aliphatic rings. The smallest absolute Gasteiger partial charge is 0.260 e. The molecule has 2 rings (SSSR count). The first-order valence-electron chi connectivity index (χ1n) is 7.01. The number of hydrogen-bond donors (Lipinski definition) is 0. The van der Waals surface area contributed by atoms with Crippen molar-refractivity contribution in [1.82, 2.24) is 4.90 Å². The van der Waals surface area contributed by atoms with Crippen molar-refractivity contribution in [3.63, 3.8) is 0 Å². The lowest BCUT2D eigenvalue weighted by molar-refractivity contribution is -0.137. The lowest BCUT2D eigenvalue weighted by Gasteiger charge is -2.26. The van der Waals surface area contributed by atoms with Crippen LogP contribution in [-0.4, -0.2) is 50.3 Å². The third-order valence-electron chi connectivity index (χ3n) is 3.02. The van der Waals surface area contributed by atoms with Crippen LogP contribution in [0, 0.1) is 0 Å². The molecular weight excluding hydrogens is 258 g/mol. The minimum atomic E-state index is -0.000362. The van der Waals surface area contributed by atoms with Crippen molar-refractivity contribution < 1.29 is 19.0 Å². The number of carbonyl (C=O) groups excluding carboxylic acids is 1. The van der Waals surface area contributed by atoms with Gasteiger partial charge in [0.15, 0.2) is 6.61 Å². The second-order valence-corrected chi connectivity index (χ2v) is 4.60. The predicted molar refractivity (Wildman–Crippen MR) is 75.1 cm³/mol. The van der Waals surface area contributed by atoms with Gasteiger partial charge >= 0.3 is 0 Å². The molecule has 0 radical (unpaired) electrons. The maximum Gasteiger partial charge on any atom is 0.260 e. The van der Waals surface area contributed by atoms with Gasteiger partial charge in [-0.3, -0.25) is 4.79 Å². The summed E-state index contributed by atoms with van der Waals surface area (Å²) in [6.07, 6.45) is 0.978. The normalized spacial score (nSPS) is 14.9. The minimum Gasteiger partial charge on any atom is -0.494 e. The number of hydrogen-bond acceptors (Lipinski definition) is 4. The van der Waals surface area contributed by atoms with Gasteiger partial charge in [-0.2, -0.15) is 0 Å². The first-order valence-corrected chi connectivity index (χ1v) is 7.01. The van der Waals surface area contributed by atoms with Crippen molar-refractivity contribution in [2.75, 3.05) is 39.5 Å². The Labute approximate surface area is 119 Å². The molecule has 1 amide bonds. The van der Waals surface area contributed by atoms with Gasteiger partial charge in [0.25, 0.3) is 5.91 Å². The number of benzene rings is 1. The summed E-state index contributed by atoms with van der Waals surface area (Å²) in [5, 5.41) is 0. The van der Waals surface area contributed by atoms with Crippen LogP contribution >= 0.6 is 0 Å². The van der Waals surface area contributed by atoms with E-state index in [1.54, 1.807) is 4.90 Å². The first-order chi connectivity index (χ1) is 9.79. The molecular formula is C15H21NO4. The minimum absolute atomic E-state index is 0.000362. The zero-order chi connectivity index (χ0) is 14.2. The van der Waals surface area contributed by atoms with Crippen molar-refractivity contribution in [3.05, 3.63) is 24.3 Å². The fraction of sp³-hybridized carbons (Fsp3) is 0.533. The molecule has 0 aromatic heterocycles. The number of carbonyl (C=O) groups is 1. The van der Waals surface area contributed by atoms with Crippen LogP contribution in [0.4, 0.5) is 0 Å². The summed E-state index contributed by atoms with van der Waals surface area (Å²) in [5.41, 5.74) is 0. The van der Waals surface area contributed by atoms with Gasteiger partial charge in [0.1, 0.15) is 11.5 Å². The Hall–Kier alpha value is -1.75. The van der Waals surface area contributed by atoms with Gasteiger partial charge in [-0.05, 0) is 30.7 Å². The zero-order valence-electron chi connectivity index (χ0n) is 11.8. The molecule has 0 spiro atoms. The van der Waals surface area contributed by atoms with E-state index in [9.17, 15) is 4.79 Å². The molecule has 1 saturated heterocycles. The molecule has 0 N–H and O–H groups in total. The molecule has 0 aliphatic carbocycles. The first kappa shape index (κ1) is 14.7. The van der Waals surface area contributed by atoms with Crippen molar-refractivity contribution in [2.24, 2.45) is 0 Å². The number of morpholine rings is 1. The highest BCUT2D eigenvalue weighted by atomic mass is 16.5. The van der Waals surface area contributed by atoms with Crippen LogP contribution in [0.3, 0.4) is 0 Å². The van der Waals surface area contributed by atoms with E-state index >= 15 is 0 Å². The Morgan fingerprint density at radius 1 is 1.15 bits per heavy atom. The van der Waals surface area contributed by atoms with Gasteiger partial charge in [0.05, 0.1) is 19.8 Å². The zero-order valence-corrected chi connectivity index (χ0v) is 11.8. The molecule has 5 nitrogen and oxygen atoms in total. The highest BCUT2D eigenvalue weighted by Crippen LogP contribution is 2.17. The Morgan fingerprint density at radius 3 is 2.35 bits per heavy atom. The molecule has 1 heterocycles. The summed E-state index contributed by atoms with van der Waals surface area (Å²) < 4.78 is 16.2. The summed E-state index contributed by atoms with van der Waals surface area (Å²) in [6, 6.07) is 7.34. The Kier molecular flexibility index (Phi) is 5.68. The largest absolute Gasteiger partial charge is 0.494 e. The van der Waals surface area contributed by atoms with Crippen molar-refractivity contribution in [2.45, 2.75) is 13.3 Å². The monoisotopic (exact) mass is 279 g/mol. The Morgan fingerprint density at radius 2 is 1.75 bits per heavy atom. The molecule has 0 unspecified atom stereocenters. The Balaban J connectivity index is 1.76. The fourth-order valence-corrected chi connectivity index (χ4v) is 1.90. The van der Waals surface area contributed by atoms with Crippen molar-refractivity contribution >= 4 is 5.91 Å². The maximum atomic E-state index is 11.9. The SMILES string of the molecule is CCCOc1ccc(OCC(=O)N2CCOCC2)cc1. The van der Waals surface area contributed by atoms with Crippen LogP contribution in [-0.2, 0) is 9.53 Å². The summed E-state index contributed by atoms with van der Waals surface area (Å²) in [5.74, 6) is 1.49. The highest BCUT2D eigenvalue weighted by molar-refractivity contribution is 5.77. The van der Waals surface area contributed by atoms with Crippen LogP contribution in [0.5, 0.6) is 11.5 Å². The van der Waals surface area contributed by atoms with Crippen molar-refractivity contribution in [1.29, 1.82) is 0 Å². The van der Waals surface area contributed by atoms with E-state index in [1.165, 1.54) is 0 Å². The van der Waals surface area contributed by atoms with E-state index < -0.39 is 0 Å². The number of amides is 1. The fourth-order valence-electron chi connectivity index (χ4n) is 1.90. The quantitative estimate of drug-likeness (QED) is 0.795. The van der Waals surface area contributed by atoms with Gasteiger partial charge in [0, 0.05) is 13.1 Å². The molecule has 1 aromatic carbocycles. The number of nitrogens with zero attached hydrogens (tertiary/aromatic N) is 1. The molecule has 110 valence electrons. The standard InChI is InChI=1S/C15H21NO4/c1-2-9-19-13-3-5-14(6-4-13)20-12-15(17)16-7-10-18-11-8-16/h3-6H,2,7-12H2,1H3. The van der Waals surface area contributed by atoms with E-state index in [0.717, 1.165) is 12.2 Å². The Bertz CT molecular complexity index is 412. The molecule has 0 bridgehead atoms. The summed E-state index contributed by atoms with van der Waals surface area (Å²) in [6.45, 7) is 5.34. The summed E-state index contributed by atoms with van der Waals surface area (Å²) in [7, 11) is 0. The molecule has 0 saturated carbocycles. The molecule has 5 heteroatoms.